The van der Waals surface area contributed by atoms with Crippen LogP contribution in [0, 0.1) is 0 Å². The van der Waals surface area contributed by atoms with Crippen LogP contribution in [0.25, 0.3) is 10.8 Å². The molecule has 4 nitrogen and oxygen atoms in total. The lowest BCUT2D eigenvalue weighted by Crippen LogP contribution is -2.08. The molecule has 112 valence electrons. The van der Waals surface area contributed by atoms with Crippen LogP contribution in [0.2, 0.25) is 0 Å². The van der Waals surface area contributed by atoms with Gasteiger partial charge in [-0.2, -0.15) is 0 Å². The maximum absolute atomic E-state index is 10.4. The number of thioether (sulfide) groups is 1. The van der Waals surface area contributed by atoms with Gasteiger partial charge in [0.05, 0.1) is 4.90 Å². The second-order valence-electron chi connectivity index (χ2n) is 4.62. The fourth-order valence-corrected chi connectivity index (χ4v) is 3.42. The summed E-state index contributed by atoms with van der Waals surface area (Å²) in [5.41, 5.74) is 0. The fraction of sp³-hybridized carbons (Fsp3) is 0.0625. The van der Waals surface area contributed by atoms with Crippen LogP contribution in [0.15, 0.2) is 59.6 Å². The summed E-state index contributed by atoms with van der Waals surface area (Å²) in [5.74, 6) is 0.967. The van der Waals surface area contributed by atoms with Crippen molar-refractivity contribution in [3.05, 3.63) is 54.7 Å². The van der Waals surface area contributed by atoms with E-state index >= 15 is 0 Å². The van der Waals surface area contributed by atoms with Gasteiger partial charge in [-0.1, -0.05) is 42.1 Å². The Kier molecular flexibility index (Phi) is 4.31. The van der Waals surface area contributed by atoms with Gasteiger partial charge in [0.2, 0.25) is 0 Å². The predicted octanol–water partition coefficient (Wildman–Crippen LogP) is 4.06. The van der Waals surface area contributed by atoms with Gasteiger partial charge in [0.25, 0.3) is 0 Å². The zero-order valence-corrected chi connectivity index (χ0v) is 13.2. The number of fused-ring (bicyclic) bond motifs is 1. The molecule has 0 spiro atoms. The summed E-state index contributed by atoms with van der Waals surface area (Å²) in [6.45, 7) is 0. The standard InChI is InChI=1S/C16H14N2O2S2/c19-12-9-13(15(20)11-6-2-1-5-10(11)12)22-16(21)18-14-7-3-4-8-17-14/h1-9,16,19-21H,(H,17,18). The minimum atomic E-state index is -0.318. The summed E-state index contributed by atoms with van der Waals surface area (Å²) < 4.78 is -0.318. The molecule has 3 rings (SSSR count). The number of nitrogens with zero attached hydrogens (tertiary/aromatic N) is 1. The summed E-state index contributed by atoms with van der Waals surface area (Å²) in [5, 5.41) is 24.8. The van der Waals surface area contributed by atoms with E-state index in [4.69, 9.17) is 0 Å². The number of phenolic OH excluding ortho intramolecular Hbond substituents is 2. The molecule has 1 heterocycles. The van der Waals surface area contributed by atoms with Gasteiger partial charge in [-0.05, 0) is 18.2 Å². The molecular weight excluding hydrogens is 316 g/mol. The van der Waals surface area contributed by atoms with Gasteiger partial charge in [0.15, 0.2) is 0 Å². The summed E-state index contributed by atoms with van der Waals surface area (Å²) in [7, 11) is 0. The van der Waals surface area contributed by atoms with Gasteiger partial charge in [-0.15, -0.1) is 12.6 Å². The van der Waals surface area contributed by atoms with Gasteiger partial charge >= 0.3 is 0 Å². The summed E-state index contributed by atoms with van der Waals surface area (Å²) in [4.78, 5) is 4.72. The topological polar surface area (TPSA) is 65.4 Å². The molecule has 3 N–H and O–H groups in total. The Balaban J connectivity index is 1.86. The number of benzene rings is 2. The molecule has 0 aliphatic carbocycles. The number of aromatic hydroxyl groups is 2. The van der Waals surface area contributed by atoms with E-state index in [0.29, 0.717) is 21.5 Å². The Labute approximate surface area is 137 Å². The van der Waals surface area contributed by atoms with Gasteiger partial charge in [0.1, 0.15) is 22.0 Å². The second-order valence-corrected chi connectivity index (χ2v) is 6.63. The molecule has 0 amide bonds. The SMILES string of the molecule is Oc1cc(SC(S)Nc2ccccn2)c(O)c2ccccc12. The third-order valence-corrected chi connectivity index (χ3v) is 4.49. The van der Waals surface area contributed by atoms with Crippen molar-refractivity contribution in [1.82, 2.24) is 4.98 Å². The maximum atomic E-state index is 10.4. The van der Waals surface area contributed by atoms with Crippen LogP contribution < -0.4 is 5.32 Å². The monoisotopic (exact) mass is 330 g/mol. The Hall–Kier alpha value is -2.05. The minimum Gasteiger partial charge on any atom is -0.507 e. The van der Waals surface area contributed by atoms with Gasteiger partial charge < -0.3 is 15.5 Å². The third kappa shape index (κ3) is 3.08. The first-order valence-electron chi connectivity index (χ1n) is 6.61. The lowest BCUT2D eigenvalue weighted by Gasteiger charge is -2.15. The number of hydrogen-bond donors (Lipinski definition) is 4. The number of rotatable bonds is 4. The van der Waals surface area contributed by atoms with Crippen LogP contribution in [0.1, 0.15) is 0 Å². The van der Waals surface area contributed by atoms with E-state index in [-0.39, 0.29) is 16.2 Å². The van der Waals surface area contributed by atoms with E-state index < -0.39 is 0 Å². The number of aromatic nitrogens is 1. The number of hydrogen-bond acceptors (Lipinski definition) is 6. The zero-order valence-electron chi connectivity index (χ0n) is 11.5. The predicted molar refractivity (Wildman–Crippen MR) is 93.8 cm³/mol. The van der Waals surface area contributed by atoms with E-state index in [9.17, 15) is 10.2 Å². The highest BCUT2D eigenvalue weighted by Crippen LogP contribution is 2.42. The molecule has 22 heavy (non-hydrogen) atoms. The molecule has 6 heteroatoms. The molecule has 1 aromatic heterocycles. The van der Waals surface area contributed by atoms with E-state index in [1.165, 1.54) is 11.8 Å². The van der Waals surface area contributed by atoms with Gasteiger partial charge in [-0.3, -0.25) is 0 Å². The molecule has 0 fully saturated rings. The molecule has 0 radical (unpaired) electrons. The highest BCUT2D eigenvalue weighted by molar-refractivity contribution is 8.10. The average molecular weight is 330 g/mol. The minimum absolute atomic E-state index is 0.134. The first-order valence-corrected chi connectivity index (χ1v) is 8.01. The number of nitrogens with one attached hydrogen (secondary N) is 1. The lowest BCUT2D eigenvalue weighted by atomic mass is 10.1. The Bertz CT molecular complexity index is 797. The van der Waals surface area contributed by atoms with Crippen molar-refractivity contribution in [2.75, 3.05) is 5.32 Å². The largest absolute Gasteiger partial charge is 0.507 e. The van der Waals surface area contributed by atoms with Crippen LogP contribution in [0.5, 0.6) is 11.5 Å². The van der Waals surface area contributed by atoms with E-state index in [1.807, 2.05) is 30.3 Å². The molecule has 1 unspecified atom stereocenters. The summed E-state index contributed by atoms with van der Waals surface area (Å²) in [6.07, 6.45) is 1.69. The van der Waals surface area contributed by atoms with Crippen LogP contribution >= 0.6 is 24.4 Å². The Morgan fingerprint density at radius 3 is 2.50 bits per heavy atom. The van der Waals surface area contributed by atoms with Crippen molar-refractivity contribution in [2.24, 2.45) is 0 Å². The molecule has 0 bridgehead atoms. The molecule has 2 aromatic carbocycles. The lowest BCUT2D eigenvalue weighted by molar-refractivity contribution is 0.458. The van der Waals surface area contributed by atoms with Crippen molar-refractivity contribution in [1.29, 1.82) is 0 Å². The van der Waals surface area contributed by atoms with E-state index in [0.717, 1.165) is 0 Å². The van der Waals surface area contributed by atoms with Crippen LogP contribution in [-0.2, 0) is 0 Å². The number of anilines is 1. The Morgan fingerprint density at radius 2 is 1.77 bits per heavy atom. The zero-order chi connectivity index (χ0) is 15.5. The first-order chi connectivity index (χ1) is 10.6. The molecule has 0 aliphatic rings. The molecule has 0 aliphatic heterocycles. The van der Waals surface area contributed by atoms with Crippen LogP contribution in [0.4, 0.5) is 5.82 Å². The quantitative estimate of drug-likeness (QED) is 0.251. The first kappa shape index (κ1) is 14.9. The summed E-state index contributed by atoms with van der Waals surface area (Å²) in [6, 6.07) is 14.3. The number of pyridine rings is 1. The van der Waals surface area contributed by atoms with Crippen molar-refractivity contribution >= 4 is 41.0 Å². The van der Waals surface area contributed by atoms with Crippen molar-refractivity contribution < 1.29 is 10.2 Å². The molecule has 0 saturated carbocycles. The summed E-state index contributed by atoms with van der Waals surface area (Å²) >= 11 is 5.74. The van der Waals surface area contributed by atoms with Crippen molar-refractivity contribution in [2.45, 2.75) is 9.60 Å². The van der Waals surface area contributed by atoms with Crippen LogP contribution in [-0.4, -0.2) is 19.9 Å². The van der Waals surface area contributed by atoms with E-state index in [1.54, 1.807) is 24.4 Å². The number of thiol groups is 1. The highest BCUT2D eigenvalue weighted by Gasteiger charge is 2.14. The number of phenols is 2. The van der Waals surface area contributed by atoms with Crippen molar-refractivity contribution in [3.63, 3.8) is 0 Å². The van der Waals surface area contributed by atoms with E-state index in [2.05, 4.69) is 22.9 Å². The smallest absolute Gasteiger partial charge is 0.137 e. The van der Waals surface area contributed by atoms with Crippen LogP contribution in [0.3, 0.4) is 0 Å². The molecule has 0 saturated heterocycles. The third-order valence-electron chi connectivity index (χ3n) is 3.13. The molecular formula is C16H14N2O2S2. The Morgan fingerprint density at radius 1 is 1.05 bits per heavy atom. The molecule has 3 aromatic rings. The average Bonchev–Trinajstić information content (AvgIpc) is 2.53. The van der Waals surface area contributed by atoms with Gasteiger partial charge in [0, 0.05) is 17.0 Å². The fourth-order valence-electron chi connectivity index (χ4n) is 2.13. The maximum Gasteiger partial charge on any atom is 0.137 e. The van der Waals surface area contributed by atoms with Crippen molar-refractivity contribution in [3.8, 4) is 11.5 Å². The highest BCUT2D eigenvalue weighted by atomic mass is 32.2. The second kappa shape index (κ2) is 6.37. The normalized spacial score (nSPS) is 12.2. The van der Waals surface area contributed by atoms with Gasteiger partial charge in [-0.25, -0.2) is 4.98 Å². The molecule has 1 atom stereocenters.